The van der Waals surface area contributed by atoms with Crippen molar-refractivity contribution < 1.29 is 18.0 Å². The number of pyridine rings is 1. The summed E-state index contributed by atoms with van der Waals surface area (Å²) in [4.78, 5) is 15.9. The molecule has 1 heterocycles. The normalized spacial score (nSPS) is 21.7. The summed E-state index contributed by atoms with van der Waals surface area (Å²) >= 11 is 0. The molecule has 0 bridgehead atoms. The van der Waals surface area contributed by atoms with E-state index in [0.29, 0.717) is 25.8 Å². The van der Waals surface area contributed by atoms with Gasteiger partial charge in [0.05, 0.1) is 0 Å². The van der Waals surface area contributed by atoms with Crippen LogP contribution >= 0.6 is 0 Å². The van der Waals surface area contributed by atoms with E-state index in [1.165, 1.54) is 0 Å². The molecule has 0 spiro atoms. The van der Waals surface area contributed by atoms with Gasteiger partial charge < -0.3 is 10.6 Å². The van der Waals surface area contributed by atoms with Crippen molar-refractivity contribution >= 4 is 6.03 Å². The number of amides is 2. The number of rotatable bonds is 5. The summed E-state index contributed by atoms with van der Waals surface area (Å²) < 4.78 is 37.8. The molecule has 1 aliphatic rings. The van der Waals surface area contributed by atoms with Crippen molar-refractivity contribution in [2.75, 3.05) is 6.54 Å². The van der Waals surface area contributed by atoms with Crippen LogP contribution in [-0.4, -0.2) is 29.8 Å². The summed E-state index contributed by atoms with van der Waals surface area (Å²) in [6.45, 7) is 0.425. The van der Waals surface area contributed by atoms with Gasteiger partial charge in [-0.1, -0.05) is 18.9 Å². The quantitative estimate of drug-likeness (QED) is 0.869. The van der Waals surface area contributed by atoms with Crippen molar-refractivity contribution in [2.45, 2.75) is 50.7 Å². The number of urea groups is 1. The first-order valence-electron chi connectivity index (χ1n) is 7.94. The zero-order valence-electron chi connectivity index (χ0n) is 12.9. The third-order valence-corrected chi connectivity index (χ3v) is 4.14. The Hall–Kier alpha value is -1.79. The zero-order valence-corrected chi connectivity index (χ0v) is 12.9. The largest absolute Gasteiger partial charge is 0.389 e. The summed E-state index contributed by atoms with van der Waals surface area (Å²) in [5, 5.41) is 5.41. The molecule has 1 fully saturated rings. The average molecular weight is 329 g/mol. The van der Waals surface area contributed by atoms with E-state index in [2.05, 4.69) is 15.6 Å². The lowest BCUT2D eigenvalue weighted by atomic mass is 9.82. The standard InChI is InChI=1S/C16H22F3N3O/c17-16(18,19)10-13-5-1-2-6-14(13)22-15(23)21-9-7-12-4-3-8-20-11-12/h3-4,8,11,13-14H,1-2,5-7,9-10H2,(H2,21,22,23)/t13-,14-/m0/s1. The highest BCUT2D eigenvalue weighted by atomic mass is 19.4. The lowest BCUT2D eigenvalue weighted by molar-refractivity contribution is -0.148. The Morgan fingerprint density at radius 2 is 2.09 bits per heavy atom. The number of hydrogen-bond acceptors (Lipinski definition) is 2. The van der Waals surface area contributed by atoms with Crippen LogP contribution in [0.25, 0.3) is 0 Å². The molecule has 0 aliphatic heterocycles. The van der Waals surface area contributed by atoms with Crippen molar-refractivity contribution in [2.24, 2.45) is 5.92 Å². The molecule has 2 amide bonds. The molecule has 2 N–H and O–H groups in total. The maximum absolute atomic E-state index is 12.6. The summed E-state index contributed by atoms with van der Waals surface area (Å²) in [6.07, 6.45) is 1.80. The van der Waals surface area contributed by atoms with Crippen molar-refractivity contribution in [3.05, 3.63) is 30.1 Å². The predicted molar refractivity (Wildman–Crippen MR) is 80.9 cm³/mol. The number of alkyl halides is 3. The third kappa shape index (κ3) is 6.46. The van der Waals surface area contributed by atoms with Gasteiger partial charge in [-0.25, -0.2) is 4.79 Å². The van der Waals surface area contributed by atoms with Crippen molar-refractivity contribution in [3.63, 3.8) is 0 Å². The van der Waals surface area contributed by atoms with Gasteiger partial charge in [0.15, 0.2) is 0 Å². The molecule has 7 heteroatoms. The van der Waals surface area contributed by atoms with E-state index < -0.39 is 30.6 Å². The van der Waals surface area contributed by atoms with Gasteiger partial charge in [0.25, 0.3) is 0 Å². The van der Waals surface area contributed by atoms with Crippen molar-refractivity contribution in [1.82, 2.24) is 15.6 Å². The van der Waals surface area contributed by atoms with Crippen molar-refractivity contribution in [1.29, 1.82) is 0 Å². The molecular weight excluding hydrogens is 307 g/mol. The molecule has 128 valence electrons. The zero-order chi connectivity index (χ0) is 16.7. The van der Waals surface area contributed by atoms with E-state index in [-0.39, 0.29) is 0 Å². The van der Waals surface area contributed by atoms with Crippen LogP contribution in [0.4, 0.5) is 18.0 Å². The van der Waals surface area contributed by atoms with Crippen LogP contribution in [0.3, 0.4) is 0 Å². The van der Waals surface area contributed by atoms with Crippen LogP contribution in [0.1, 0.15) is 37.7 Å². The second kappa shape index (κ2) is 8.17. The lowest BCUT2D eigenvalue weighted by Crippen LogP contribution is -2.48. The Morgan fingerprint density at radius 3 is 2.78 bits per heavy atom. The maximum Gasteiger partial charge on any atom is 0.389 e. The number of carbonyl (C=O) groups is 1. The minimum Gasteiger partial charge on any atom is -0.338 e. The van der Waals surface area contributed by atoms with E-state index in [1.807, 2.05) is 12.1 Å². The molecule has 0 saturated heterocycles. The highest BCUT2D eigenvalue weighted by Crippen LogP contribution is 2.34. The number of nitrogens with zero attached hydrogens (tertiary/aromatic N) is 1. The van der Waals surface area contributed by atoms with Crippen LogP contribution < -0.4 is 10.6 Å². The molecule has 4 nitrogen and oxygen atoms in total. The molecule has 2 atom stereocenters. The molecule has 1 aromatic rings. The smallest absolute Gasteiger partial charge is 0.338 e. The van der Waals surface area contributed by atoms with Crippen LogP contribution in [-0.2, 0) is 6.42 Å². The van der Waals surface area contributed by atoms with E-state index >= 15 is 0 Å². The Labute approximate surface area is 133 Å². The Balaban J connectivity index is 1.76. The summed E-state index contributed by atoms with van der Waals surface area (Å²) in [6, 6.07) is 2.93. The van der Waals surface area contributed by atoms with Crippen LogP contribution in [0.5, 0.6) is 0 Å². The number of halogens is 3. The first-order valence-corrected chi connectivity index (χ1v) is 7.94. The van der Waals surface area contributed by atoms with E-state index in [9.17, 15) is 18.0 Å². The van der Waals surface area contributed by atoms with Gasteiger partial charge in [0.1, 0.15) is 0 Å². The number of carbonyl (C=O) groups excluding carboxylic acids is 1. The second-order valence-electron chi connectivity index (χ2n) is 5.98. The van der Waals surface area contributed by atoms with E-state index in [4.69, 9.17) is 0 Å². The average Bonchev–Trinajstić information content (AvgIpc) is 2.49. The molecular formula is C16H22F3N3O. The molecule has 0 unspecified atom stereocenters. The van der Waals surface area contributed by atoms with Gasteiger partial charge in [-0.2, -0.15) is 13.2 Å². The fourth-order valence-corrected chi connectivity index (χ4v) is 3.03. The molecule has 1 aromatic heterocycles. The maximum atomic E-state index is 12.6. The molecule has 0 aromatic carbocycles. The molecule has 0 radical (unpaired) electrons. The Bertz CT molecular complexity index is 493. The fraction of sp³-hybridized carbons (Fsp3) is 0.625. The summed E-state index contributed by atoms with van der Waals surface area (Å²) in [5.41, 5.74) is 1.00. The number of hydrogen-bond donors (Lipinski definition) is 2. The van der Waals surface area contributed by atoms with Crippen LogP contribution in [0.15, 0.2) is 24.5 Å². The third-order valence-electron chi connectivity index (χ3n) is 4.14. The fourth-order valence-electron chi connectivity index (χ4n) is 3.03. The van der Waals surface area contributed by atoms with Gasteiger partial charge >= 0.3 is 12.2 Å². The van der Waals surface area contributed by atoms with E-state index in [1.54, 1.807) is 12.4 Å². The number of nitrogens with one attached hydrogen (secondary N) is 2. The minimum absolute atomic E-state index is 0.395. The Morgan fingerprint density at radius 1 is 1.30 bits per heavy atom. The van der Waals surface area contributed by atoms with Crippen LogP contribution in [0, 0.1) is 5.92 Å². The minimum atomic E-state index is -4.18. The van der Waals surface area contributed by atoms with Crippen molar-refractivity contribution in [3.8, 4) is 0 Å². The highest BCUT2D eigenvalue weighted by Gasteiger charge is 2.37. The first kappa shape index (κ1) is 17.6. The summed E-state index contributed by atoms with van der Waals surface area (Å²) in [7, 11) is 0. The van der Waals surface area contributed by atoms with Crippen LogP contribution in [0.2, 0.25) is 0 Å². The van der Waals surface area contributed by atoms with Gasteiger partial charge in [0.2, 0.25) is 0 Å². The van der Waals surface area contributed by atoms with Gasteiger partial charge in [-0.3, -0.25) is 4.98 Å². The van der Waals surface area contributed by atoms with E-state index in [0.717, 1.165) is 18.4 Å². The van der Waals surface area contributed by atoms with Gasteiger partial charge in [0, 0.05) is 31.4 Å². The summed E-state index contributed by atoms with van der Waals surface area (Å²) in [5.74, 6) is -0.521. The monoisotopic (exact) mass is 329 g/mol. The first-order chi connectivity index (χ1) is 10.9. The SMILES string of the molecule is O=C(NCCc1cccnc1)N[C@H]1CCCC[C@H]1CC(F)(F)F. The molecule has 2 rings (SSSR count). The second-order valence-corrected chi connectivity index (χ2v) is 5.98. The number of aromatic nitrogens is 1. The highest BCUT2D eigenvalue weighted by molar-refractivity contribution is 5.74. The topological polar surface area (TPSA) is 54.0 Å². The predicted octanol–water partition coefficient (Wildman–Crippen LogP) is 3.43. The van der Waals surface area contributed by atoms with Gasteiger partial charge in [-0.05, 0) is 36.8 Å². The lowest BCUT2D eigenvalue weighted by Gasteiger charge is -2.32. The van der Waals surface area contributed by atoms with Gasteiger partial charge in [-0.15, -0.1) is 0 Å². The molecule has 23 heavy (non-hydrogen) atoms. The Kier molecular flexibility index (Phi) is 6.24. The molecule has 1 aliphatic carbocycles. The molecule has 1 saturated carbocycles.